The van der Waals surface area contributed by atoms with Gasteiger partial charge in [-0.2, -0.15) is 5.26 Å². The van der Waals surface area contributed by atoms with Gasteiger partial charge in [0.05, 0.1) is 6.07 Å². The van der Waals surface area contributed by atoms with E-state index in [1.165, 1.54) is 101 Å². The average Bonchev–Trinajstić information content (AvgIpc) is 2.82. The predicted octanol–water partition coefficient (Wildman–Crippen LogP) is 8.60. The van der Waals surface area contributed by atoms with Crippen LogP contribution in [0.15, 0.2) is 48.6 Å². The number of unbranched alkanes of at least 4 members (excludes halogenated alkanes) is 1. The van der Waals surface area contributed by atoms with E-state index >= 15 is 0 Å². The van der Waals surface area contributed by atoms with Crippen molar-refractivity contribution in [2.45, 2.75) is 96.8 Å². The van der Waals surface area contributed by atoms with Crippen molar-refractivity contribution in [3.05, 3.63) is 59.7 Å². The van der Waals surface area contributed by atoms with Gasteiger partial charge in [0.15, 0.2) is 0 Å². The number of allylic oxidation sites excluding steroid dienone is 4. The van der Waals surface area contributed by atoms with E-state index in [4.69, 9.17) is 5.26 Å². The summed E-state index contributed by atoms with van der Waals surface area (Å²) in [6, 6.07) is 11.4. The summed E-state index contributed by atoms with van der Waals surface area (Å²) in [4.78, 5) is 0. The van der Waals surface area contributed by atoms with Crippen LogP contribution in [0.4, 0.5) is 0 Å². The van der Waals surface area contributed by atoms with E-state index in [-0.39, 0.29) is 0 Å². The zero-order valence-corrected chi connectivity index (χ0v) is 19.8. The second-order valence-corrected chi connectivity index (χ2v) is 10.1. The molecule has 2 saturated carbocycles. The van der Waals surface area contributed by atoms with Crippen LogP contribution in [0.2, 0.25) is 0 Å². The minimum Gasteiger partial charge on any atom is -0.193 e. The minimum atomic E-state index is 0.735. The fourth-order valence-electron chi connectivity index (χ4n) is 6.00. The van der Waals surface area contributed by atoms with E-state index in [1.54, 1.807) is 6.08 Å². The van der Waals surface area contributed by atoms with Crippen molar-refractivity contribution < 1.29 is 0 Å². The molecule has 1 aromatic rings. The van der Waals surface area contributed by atoms with Gasteiger partial charge in [-0.25, -0.2) is 0 Å². The van der Waals surface area contributed by atoms with Gasteiger partial charge >= 0.3 is 0 Å². The maximum absolute atomic E-state index is 8.56. The monoisotopic (exact) mass is 417 g/mol. The lowest BCUT2D eigenvalue weighted by Gasteiger charge is -2.37. The number of hydrogen-bond donors (Lipinski definition) is 0. The number of aryl methyl sites for hydroxylation is 2. The second kappa shape index (κ2) is 13.6. The van der Waals surface area contributed by atoms with Crippen molar-refractivity contribution in [3.8, 4) is 6.07 Å². The third-order valence-corrected chi connectivity index (χ3v) is 7.93. The molecular weight excluding hydrogens is 374 g/mol. The Kier molecular flexibility index (Phi) is 10.4. The van der Waals surface area contributed by atoms with Gasteiger partial charge in [0.1, 0.15) is 0 Å². The predicted molar refractivity (Wildman–Crippen MR) is 133 cm³/mol. The molecule has 0 unspecified atom stereocenters. The number of nitriles is 1. The van der Waals surface area contributed by atoms with Crippen molar-refractivity contribution in [1.82, 2.24) is 0 Å². The van der Waals surface area contributed by atoms with Gasteiger partial charge in [-0.1, -0.05) is 81.5 Å². The molecule has 0 heterocycles. The number of benzene rings is 1. The summed E-state index contributed by atoms with van der Waals surface area (Å²) in [7, 11) is 0. The Bertz CT molecular complexity index is 704. The molecule has 3 rings (SSSR count). The first-order valence-corrected chi connectivity index (χ1v) is 13.1. The Morgan fingerprint density at radius 3 is 2.03 bits per heavy atom. The summed E-state index contributed by atoms with van der Waals surface area (Å²) in [5.74, 6) is 3.71. The van der Waals surface area contributed by atoms with Crippen LogP contribution in [0.3, 0.4) is 0 Å². The SMILES string of the molecule is CCCc1ccc(CCCCC2CCC(C3CCC(/C=C/C=C/C#N)CC3)CC2)cc1. The first kappa shape index (κ1) is 23.8. The molecule has 0 radical (unpaired) electrons. The molecule has 0 aliphatic heterocycles. The van der Waals surface area contributed by atoms with Crippen molar-refractivity contribution in [2.75, 3.05) is 0 Å². The standard InChI is InChI=1S/C30H43N/c1-2-8-25-12-14-26(15-13-25)10-5-6-11-28-18-22-30(23-19-28)29-20-16-27(17-21-29)9-4-3-7-24-31/h3-4,7,9,12-15,27-30H,2,5-6,8,10-11,16-23H2,1H3/b7-3+,9-4+. The van der Waals surface area contributed by atoms with Gasteiger partial charge in [0.25, 0.3) is 0 Å². The van der Waals surface area contributed by atoms with Gasteiger partial charge in [-0.3, -0.25) is 0 Å². The van der Waals surface area contributed by atoms with Gasteiger partial charge in [-0.05, 0) is 92.6 Å². The molecule has 0 aromatic heterocycles. The molecule has 0 N–H and O–H groups in total. The first-order chi connectivity index (χ1) is 15.3. The van der Waals surface area contributed by atoms with Crippen LogP contribution in [-0.4, -0.2) is 0 Å². The summed E-state index contributed by atoms with van der Waals surface area (Å²) >= 11 is 0. The molecule has 0 bridgehead atoms. The van der Waals surface area contributed by atoms with Gasteiger partial charge in [-0.15, -0.1) is 0 Å². The van der Waals surface area contributed by atoms with E-state index in [1.807, 2.05) is 6.08 Å². The molecule has 31 heavy (non-hydrogen) atoms. The largest absolute Gasteiger partial charge is 0.193 e. The third-order valence-electron chi connectivity index (χ3n) is 7.93. The highest BCUT2D eigenvalue weighted by Gasteiger charge is 2.30. The van der Waals surface area contributed by atoms with Crippen LogP contribution in [-0.2, 0) is 12.8 Å². The molecule has 1 nitrogen and oxygen atoms in total. The highest BCUT2D eigenvalue weighted by molar-refractivity contribution is 5.22. The molecular formula is C30H43N. The van der Waals surface area contributed by atoms with Gasteiger partial charge in [0, 0.05) is 6.08 Å². The summed E-state index contributed by atoms with van der Waals surface area (Å²) in [5, 5.41) is 8.56. The number of rotatable bonds is 10. The molecule has 2 aliphatic rings. The molecule has 1 aromatic carbocycles. The van der Waals surface area contributed by atoms with Crippen LogP contribution in [0.5, 0.6) is 0 Å². The normalized spacial score (nSPS) is 27.0. The second-order valence-electron chi connectivity index (χ2n) is 10.1. The highest BCUT2D eigenvalue weighted by atomic mass is 14.4. The smallest absolute Gasteiger partial charge is 0.0912 e. The highest BCUT2D eigenvalue weighted by Crippen LogP contribution is 2.42. The van der Waals surface area contributed by atoms with E-state index < -0.39 is 0 Å². The average molecular weight is 418 g/mol. The molecule has 0 spiro atoms. The summed E-state index contributed by atoms with van der Waals surface area (Å²) in [5.41, 5.74) is 3.01. The maximum Gasteiger partial charge on any atom is 0.0912 e. The van der Waals surface area contributed by atoms with Gasteiger partial charge in [0.2, 0.25) is 0 Å². The maximum atomic E-state index is 8.56. The van der Waals surface area contributed by atoms with Crippen LogP contribution in [0, 0.1) is 35.0 Å². The summed E-state index contributed by atoms with van der Waals surface area (Å²) in [6.45, 7) is 2.25. The topological polar surface area (TPSA) is 23.8 Å². The molecule has 1 heteroatoms. The lowest BCUT2D eigenvalue weighted by atomic mass is 9.68. The molecule has 0 atom stereocenters. The third kappa shape index (κ3) is 8.33. The molecule has 0 amide bonds. The van der Waals surface area contributed by atoms with Crippen LogP contribution >= 0.6 is 0 Å². The number of hydrogen-bond acceptors (Lipinski definition) is 1. The van der Waals surface area contributed by atoms with Crippen molar-refractivity contribution in [1.29, 1.82) is 5.26 Å². The number of nitrogens with zero attached hydrogens (tertiary/aromatic N) is 1. The van der Waals surface area contributed by atoms with E-state index in [0.717, 1.165) is 23.7 Å². The Hall–Kier alpha value is -1.81. The molecule has 2 fully saturated rings. The van der Waals surface area contributed by atoms with Gasteiger partial charge < -0.3 is 0 Å². The Labute approximate surface area is 191 Å². The summed E-state index contributed by atoms with van der Waals surface area (Å²) in [6.07, 6.45) is 27.2. The van der Waals surface area contributed by atoms with Crippen LogP contribution < -0.4 is 0 Å². The Morgan fingerprint density at radius 2 is 1.42 bits per heavy atom. The quantitative estimate of drug-likeness (QED) is 0.212. The minimum absolute atomic E-state index is 0.735. The lowest BCUT2D eigenvalue weighted by Crippen LogP contribution is -2.25. The van der Waals surface area contributed by atoms with Crippen molar-refractivity contribution >= 4 is 0 Å². The van der Waals surface area contributed by atoms with Crippen LogP contribution in [0.1, 0.15) is 95.1 Å². The molecule has 0 saturated heterocycles. The lowest BCUT2D eigenvalue weighted by molar-refractivity contribution is 0.151. The van der Waals surface area contributed by atoms with E-state index in [2.05, 4.69) is 49.4 Å². The Balaban J connectivity index is 1.27. The molecule has 168 valence electrons. The van der Waals surface area contributed by atoms with E-state index in [9.17, 15) is 0 Å². The summed E-state index contributed by atoms with van der Waals surface area (Å²) < 4.78 is 0. The first-order valence-electron chi connectivity index (χ1n) is 13.1. The fraction of sp³-hybridized carbons (Fsp3) is 0.633. The zero-order valence-electron chi connectivity index (χ0n) is 19.8. The van der Waals surface area contributed by atoms with Crippen LogP contribution in [0.25, 0.3) is 0 Å². The molecule has 2 aliphatic carbocycles. The van der Waals surface area contributed by atoms with Crippen molar-refractivity contribution in [2.24, 2.45) is 23.7 Å². The van der Waals surface area contributed by atoms with E-state index in [0.29, 0.717) is 0 Å². The zero-order chi connectivity index (χ0) is 21.7. The Morgan fingerprint density at radius 1 is 0.806 bits per heavy atom. The fourth-order valence-corrected chi connectivity index (χ4v) is 6.00. The van der Waals surface area contributed by atoms with Crippen molar-refractivity contribution in [3.63, 3.8) is 0 Å².